The number of aliphatic hydroxyl groups excluding tert-OH is 2. The van der Waals surface area contributed by atoms with E-state index in [1.165, 1.54) is 6.20 Å². The van der Waals surface area contributed by atoms with Gasteiger partial charge in [0.1, 0.15) is 11.4 Å². The van der Waals surface area contributed by atoms with Crippen LogP contribution in [0.3, 0.4) is 0 Å². The fourth-order valence-electron chi connectivity index (χ4n) is 5.62. The number of phosphoric acid groups is 1. The molecule has 12 nitrogen and oxygen atoms in total. The van der Waals surface area contributed by atoms with Crippen LogP contribution in [-0.2, 0) is 22.2 Å². The predicted octanol–water partition coefficient (Wildman–Crippen LogP) is -5.05. The molecule has 2 aliphatic carbocycles. The van der Waals surface area contributed by atoms with E-state index < -0.39 is 13.9 Å². The van der Waals surface area contributed by atoms with E-state index in [0.29, 0.717) is 66.4 Å². The molecule has 41 heavy (non-hydrogen) atoms. The van der Waals surface area contributed by atoms with Crippen LogP contribution in [0, 0.1) is 11.8 Å². The molecule has 212 valence electrons. The first-order valence-corrected chi connectivity index (χ1v) is 14.9. The van der Waals surface area contributed by atoms with Crippen LogP contribution >= 0.6 is 19.4 Å². The second-order valence-electron chi connectivity index (χ2n) is 10.4. The number of benzene rings is 1. The number of rotatable bonds is 10. The second-order valence-corrected chi connectivity index (χ2v) is 11.9. The summed E-state index contributed by atoms with van der Waals surface area (Å²) in [6.45, 7) is 0.899. The number of nitrogens with one attached hydrogen (secondary N) is 2. The summed E-state index contributed by atoms with van der Waals surface area (Å²) in [5, 5.41) is 25.9. The van der Waals surface area contributed by atoms with Crippen molar-refractivity contribution in [2.75, 3.05) is 23.4 Å². The van der Waals surface area contributed by atoms with E-state index >= 15 is 0 Å². The van der Waals surface area contributed by atoms with Crippen LogP contribution in [0.2, 0.25) is 5.02 Å². The molecule has 1 saturated heterocycles. The third kappa shape index (κ3) is 8.88. The molecule has 0 bridgehead atoms. The summed E-state index contributed by atoms with van der Waals surface area (Å²) in [7, 11) is -5.05. The minimum Gasteiger partial charge on any atom is -0.790 e. The fourth-order valence-corrected chi connectivity index (χ4v) is 6.46. The first kappa shape index (κ1) is 35.2. The molecule has 1 aliphatic heterocycles. The summed E-state index contributed by atoms with van der Waals surface area (Å²) in [6.07, 6.45) is 3.49. The quantitative estimate of drug-likeness (QED) is 0.146. The number of carbonyl (C=O) groups excluding carboxylic acids is 1. The molecule has 1 amide bonds. The molecule has 0 radical (unpaired) electrons. The maximum atomic E-state index is 13.3. The Morgan fingerprint density at radius 3 is 2.56 bits per heavy atom. The van der Waals surface area contributed by atoms with E-state index in [-0.39, 0.29) is 95.9 Å². The number of piperidine rings is 1. The van der Waals surface area contributed by atoms with Gasteiger partial charge in [0, 0.05) is 30.4 Å². The summed E-state index contributed by atoms with van der Waals surface area (Å²) >= 11 is 6.24. The molecule has 3 fully saturated rings. The molecule has 5 rings (SSSR count). The smallest absolute Gasteiger partial charge is 0.790 e. The molecule has 16 heteroatoms. The molecule has 2 aromatic rings. The number of aromatic nitrogens is 2. The van der Waals surface area contributed by atoms with Crippen molar-refractivity contribution in [3.63, 3.8) is 0 Å². The number of hydrogen-bond acceptors (Lipinski definition) is 11. The van der Waals surface area contributed by atoms with Crippen LogP contribution in [0.5, 0.6) is 0 Å². The van der Waals surface area contributed by atoms with Crippen molar-refractivity contribution in [2.45, 2.75) is 63.4 Å². The Labute approximate surface area is 287 Å². The third-order valence-corrected chi connectivity index (χ3v) is 8.71. The van der Waals surface area contributed by atoms with Gasteiger partial charge >= 0.3 is 59.1 Å². The first-order valence-electron chi connectivity index (χ1n) is 13.0. The zero-order valence-electron chi connectivity index (χ0n) is 23.2. The maximum absolute atomic E-state index is 13.3. The third-order valence-electron chi connectivity index (χ3n) is 7.80. The van der Waals surface area contributed by atoms with E-state index in [9.17, 15) is 29.4 Å². The molecule has 0 spiro atoms. The Morgan fingerprint density at radius 1 is 1.20 bits per heavy atom. The summed E-state index contributed by atoms with van der Waals surface area (Å²) in [5.74, 6) is 1.33. The Hall–Kier alpha value is -0.310. The fraction of sp³-hybridized carbons (Fsp3) is 0.560. The minimum atomic E-state index is -5.05. The molecule has 3 unspecified atom stereocenters. The van der Waals surface area contributed by atoms with Crippen molar-refractivity contribution in [3.05, 3.63) is 46.1 Å². The zero-order chi connectivity index (χ0) is 27.7. The summed E-state index contributed by atoms with van der Waals surface area (Å²) < 4.78 is 15.5. The monoisotopic (exact) mass is 625 g/mol. The van der Waals surface area contributed by atoms with E-state index in [1.54, 1.807) is 12.1 Å². The molecule has 1 aromatic heterocycles. The van der Waals surface area contributed by atoms with E-state index in [0.717, 1.165) is 18.5 Å². The minimum absolute atomic E-state index is 0. The number of fused-ring (bicyclic) bond motifs is 1. The number of hydrogen-bond donors (Lipinski definition) is 4. The van der Waals surface area contributed by atoms with Gasteiger partial charge in [-0.3, -0.25) is 4.79 Å². The van der Waals surface area contributed by atoms with Gasteiger partial charge < -0.3 is 44.6 Å². The van der Waals surface area contributed by atoms with Gasteiger partial charge in [-0.15, -0.1) is 0 Å². The van der Waals surface area contributed by atoms with E-state index in [4.69, 9.17) is 11.6 Å². The van der Waals surface area contributed by atoms with Gasteiger partial charge in [0.15, 0.2) is 0 Å². The van der Waals surface area contributed by atoms with Crippen molar-refractivity contribution < 1.29 is 93.0 Å². The molecular weight excluding hydrogens is 595 g/mol. The van der Waals surface area contributed by atoms with Crippen LogP contribution in [0.1, 0.15) is 53.6 Å². The molecule has 2 saturated carbocycles. The number of amides is 1. The van der Waals surface area contributed by atoms with Crippen LogP contribution in [-0.4, -0.2) is 57.4 Å². The summed E-state index contributed by atoms with van der Waals surface area (Å²) in [6, 6.07) is 5.02. The SMILES string of the molecule is O=C(NC1CCC(OP(=O)([O-])[O-])CC1)c1cnc(N2CC3CC3C2CO)nc1NCc1ccc(CO)c(Cl)c1.[Na+].[Na+]. The molecule has 2 heterocycles. The van der Waals surface area contributed by atoms with Crippen molar-refractivity contribution in [3.8, 4) is 0 Å². The molecule has 4 N–H and O–H groups in total. The van der Waals surface area contributed by atoms with Crippen LogP contribution in [0.25, 0.3) is 0 Å². The van der Waals surface area contributed by atoms with Crippen molar-refractivity contribution in [1.82, 2.24) is 15.3 Å². The average Bonchev–Trinajstić information content (AvgIpc) is 3.57. The van der Waals surface area contributed by atoms with Crippen LogP contribution in [0.15, 0.2) is 24.4 Å². The number of halogens is 1. The van der Waals surface area contributed by atoms with Crippen molar-refractivity contribution in [1.29, 1.82) is 0 Å². The van der Waals surface area contributed by atoms with Gasteiger partial charge in [0.2, 0.25) is 5.95 Å². The first-order chi connectivity index (χ1) is 18.6. The number of nitrogens with zero attached hydrogens (tertiary/aromatic N) is 3. The topological polar surface area (TPSA) is 183 Å². The van der Waals surface area contributed by atoms with Gasteiger partial charge in [-0.25, -0.2) is 4.98 Å². The van der Waals surface area contributed by atoms with Gasteiger partial charge in [0.05, 0.1) is 33.2 Å². The molecule has 3 atom stereocenters. The number of phosphoric ester groups is 1. The number of aliphatic hydroxyl groups is 2. The largest absolute Gasteiger partial charge is 1.00 e. The van der Waals surface area contributed by atoms with Crippen LogP contribution in [0.4, 0.5) is 11.8 Å². The average molecular weight is 626 g/mol. The Kier molecular flexibility index (Phi) is 13.0. The summed E-state index contributed by atoms with van der Waals surface area (Å²) in [5.41, 5.74) is 1.68. The molecule has 1 aromatic carbocycles. The Balaban J connectivity index is 0.00000231. The Bertz CT molecular complexity index is 1270. The van der Waals surface area contributed by atoms with Gasteiger partial charge in [-0.05, 0) is 61.1 Å². The van der Waals surface area contributed by atoms with Gasteiger partial charge in [0.25, 0.3) is 5.91 Å². The maximum Gasteiger partial charge on any atom is 1.00 e. The number of anilines is 2. The van der Waals surface area contributed by atoms with Gasteiger partial charge in [-0.1, -0.05) is 23.7 Å². The predicted molar refractivity (Wildman–Crippen MR) is 139 cm³/mol. The summed E-state index contributed by atoms with van der Waals surface area (Å²) in [4.78, 5) is 46.2. The second kappa shape index (κ2) is 15.1. The van der Waals surface area contributed by atoms with Gasteiger partial charge in [-0.2, -0.15) is 4.98 Å². The van der Waals surface area contributed by atoms with E-state index in [2.05, 4.69) is 25.1 Å². The Morgan fingerprint density at radius 2 is 1.93 bits per heavy atom. The number of carbonyl (C=O) groups is 1. The molecule has 3 aliphatic rings. The van der Waals surface area contributed by atoms with E-state index in [1.807, 2.05) is 11.0 Å². The molecular formula is C25H31ClN5Na2O7P. The zero-order valence-corrected chi connectivity index (χ0v) is 28.8. The van der Waals surface area contributed by atoms with Crippen molar-refractivity contribution in [2.24, 2.45) is 11.8 Å². The van der Waals surface area contributed by atoms with Crippen LogP contribution < -0.4 is 84.4 Å². The normalized spacial score (nSPS) is 25.0. The van der Waals surface area contributed by atoms with Crippen molar-refractivity contribution >= 4 is 37.1 Å². The standard InChI is InChI=1S/C25H33ClN5O7P.2Na/c26-21-7-14(1-2-15(21)12-32)9-27-23-20(10-28-25(30-23)31-11-16-8-19(16)22(31)13-33)24(34)29-17-3-5-18(6-4-17)38-39(35,36)37;;/h1-2,7,10,16-19,22,32-33H,3-6,8-9,11-13H2,(H,29,34)(H,27,28,30)(H2,35,36,37);;/q;2*+1/p-2.